The van der Waals surface area contributed by atoms with Crippen LogP contribution in [0, 0.1) is 0 Å². The lowest BCUT2D eigenvalue weighted by atomic mass is 9.92. The average Bonchev–Trinajstić information content (AvgIpc) is 3.89. The Labute approximate surface area is 353 Å². The number of para-hydroxylation sites is 4. The van der Waals surface area contributed by atoms with Crippen molar-refractivity contribution in [2.24, 2.45) is 0 Å². The SMILES string of the molecule is c1ccc(-c2ccc(-c3ccc(N(c4ccccc4)c4cccc5c4oc4cc(-c6cccc7c6c6ccccc6n7-c6ccccc6)c6ccccc6c45)cc3)cc2)cc1. The van der Waals surface area contributed by atoms with Crippen LogP contribution in [0.25, 0.3) is 93.6 Å². The van der Waals surface area contributed by atoms with Crippen LogP contribution < -0.4 is 4.90 Å². The van der Waals surface area contributed by atoms with E-state index in [0.717, 1.165) is 50.3 Å². The quantitative estimate of drug-likeness (QED) is 0.161. The van der Waals surface area contributed by atoms with E-state index < -0.39 is 0 Å². The van der Waals surface area contributed by atoms with Crippen LogP contribution >= 0.6 is 0 Å². The van der Waals surface area contributed by atoms with Crippen LogP contribution in [0.1, 0.15) is 0 Å². The Morgan fingerprint density at radius 2 is 0.869 bits per heavy atom. The number of fused-ring (bicyclic) bond motifs is 8. The van der Waals surface area contributed by atoms with Gasteiger partial charge in [0.05, 0.1) is 16.7 Å². The smallest absolute Gasteiger partial charge is 0.159 e. The molecule has 12 aromatic rings. The van der Waals surface area contributed by atoms with E-state index in [1.807, 2.05) is 0 Å². The highest BCUT2D eigenvalue weighted by molar-refractivity contribution is 6.26. The minimum atomic E-state index is 0.850. The molecule has 286 valence electrons. The van der Waals surface area contributed by atoms with Crippen molar-refractivity contribution in [2.45, 2.75) is 0 Å². The lowest BCUT2D eigenvalue weighted by Crippen LogP contribution is -2.10. The zero-order valence-corrected chi connectivity index (χ0v) is 33.2. The Morgan fingerprint density at radius 3 is 1.59 bits per heavy atom. The molecule has 10 aromatic carbocycles. The molecule has 0 radical (unpaired) electrons. The summed E-state index contributed by atoms with van der Waals surface area (Å²) in [6.45, 7) is 0. The molecule has 2 aromatic heterocycles. The molecular formula is C58H38N2O. The van der Waals surface area contributed by atoms with Crippen molar-refractivity contribution >= 4 is 71.6 Å². The molecule has 0 saturated carbocycles. The van der Waals surface area contributed by atoms with Gasteiger partial charge in [0, 0.05) is 38.6 Å². The van der Waals surface area contributed by atoms with Crippen LogP contribution in [0.2, 0.25) is 0 Å². The fraction of sp³-hybridized carbons (Fsp3) is 0. The maximum Gasteiger partial charge on any atom is 0.159 e. The van der Waals surface area contributed by atoms with Crippen LogP contribution in [-0.4, -0.2) is 4.57 Å². The van der Waals surface area contributed by atoms with E-state index in [2.05, 4.69) is 240 Å². The van der Waals surface area contributed by atoms with E-state index in [1.54, 1.807) is 0 Å². The van der Waals surface area contributed by atoms with E-state index in [0.29, 0.717) is 0 Å². The van der Waals surface area contributed by atoms with Gasteiger partial charge in [-0.3, -0.25) is 0 Å². The van der Waals surface area contributed by atoms with E-state index in [-0.39, 0.29) is 0 Å². The number of furan rings is 1. The summed E-state index contributed by atoms with van der Waals surface area (Å²) in [5.74, 6) is 0. The topological polar surface area (TPSA) is 21.3 Å². The normalized spacial score (nSPS) is 11.6. The molecule has 12 rings (SSSR count). The summed E-state index contributed by atoms with van der Waals surface area (Å²) < 4.78 is 9.53. The fourth-order valence-electron chi connectivity index (χ4n) is 9.44. The molecule has 0 unspecified atom stereocenters. The predicted octanol–water partition coefficient (Wildman–Crippen LogP) is 16.3. The van der Waals surface area contributed by atoms with E-state index in [1.165, 1.54) is 60.4 Å². The second kappa shape index (κ2) is 14.3. The van der Waals surface area contributed by atoms with E-state index in [4.69, 9.17) is 4.42 Å². The molecule has 3 nitrogen and oxygen atoms in total. The number of rotatable bonds is 7. The van der Waals surface area contributed by atoms with Gasteiger partial charge in [-0.15, -0.1) is 0 Å². The summed E-state index contributed by atoms with van der Waals surface area (Å²) in [7, 11) is 0. The summed E-state index contributed by atoms with van der Waals surface area (Å²) in [6.07, 6.45) is 0. The molecule has 3 heteroatoms. The molecule has 2 heterocycles. The standard InChI is InChI=1S/C58H38N2O/c1-4-16-39(17-5-1)40-30-32-41(33-31-40)42-34-36-45(37-35-42)59(43-18-6-2-7-19-43)54-29-15-26-50-57-47-23-11-10-22-46(47)51(38-55(57)61-58(50)54)48-25-14-28-53-56(48)49-24-12-13-27-52(49)60(53)44-20-8-3-9-21-44/h1-38H. The van der Waals surface area contributed by atoms with Gasteiger partial charge in [-0.1, -0.05) is 170 Å². The lowest BCUT2D eigenvalue weighted by molar-refractivity contribution is 0.669. The van der Waals surface area contributed by atoms with Crippen LogP contribution in [0.3, 0.4) is 0 Å². The third-order valence-electron chi connectivity index (χ3n) is 12.2. The maximum atomic E-state index is 7.15. The van der Waals surface area contributed by atoms with Gasteiger partial charge in [-0.2, -0.15) is 0 Å². The van der Waals surface area contributed by atoms with Gasteiger partial charge in [0.2, 0.25) is 0 Å². The maximum absolute atomic E-state index is 7.15. The molecule has 0 fully saturated rings. The monoisotopic (exact) mass is 778 g/mol. The first-order chi connectivity index (χ1) is 30.3. The number of anilines is 3. The number of hydrogen-bond acceptors (Lipinski definition) is 2. The average molecular weight is 779 g/mol. The van der Waals surface area contributed by atoms with Crippen molar-refractivity contribution in [1.82, 2.24) is 4.57 Å². The van der Waals surface area contributed by atoms with E-state index >= 15 is 0 Å². The van der Waals surface area contributed by atoms with Crippen molar-refractivity contribution in [1.29, 1.82) is 0 Å². The van der Waals surface area contributed by atoms with Gasteiger partial charge < -0.3 is 13.9 Å². The summed E-state index contributed by atoms with van der Waals surface area (Å²) in [5.41, 5.74) is 15.4. The Bertz CT molecular complexity index is 3550. The molecule has 0 saturated heterocycles. The molecule has 0 amide bonds. The van der Waals surface area contributed by atoms with Crippen LogP contribution in [-0.2, 0) is 0 Å². The minimum absolute atomic E-state index is 0.850. The molecule has 0 aliphatic carbocycles. The van der Waals surface area contributed by atoms with Gasteiger partial charge >= 0.3 is 0 Å². The first-order valence-corrected chi connectivity index (χ1v) is 20.8. The summed E-state index contributed by atoms with van der Waals surface area (Å²) in [6, 6.07) is 82.5. The molecule has 0 aliphatic heterocycles. The predicted molar refractivity (Wildman–Crippen MR) is 257 cm³/mol. The third kappa shape index (κ3) is 5.74. The van der Waals surface area contributed by atoms with Crippen LogP contribution in [0.15, 0.2) is 235 Å². The zero-order valence-electron chi connectivity index (χ0n) is 33.2. The van der Waals surface area contributed by atoms with Crippen molar-refractivity contribution in [2.75, 3.05) is 4.90 Å². The van der Waals surface area contributed by atoms with Crippen LogP contribution in [0.5, 0.6) is 0 Å². The first kappa shape index (κ1) is 34.9. The summed E-state index contributed by atoms with van der Waals surface area (Å²) in [4.78, 5) is 2.31. The molecule has 0 bridgehead atoms. The van der Waals surface area contributed by atoms with Gasteiger partial charge in [0.15, 0.2) is 5.58 Å². The van der Waals surface area contributed by atoms with E-state index in [9.17, 15) is 0 Å². The van der Waals surface area contributed by atoms with Crippen molar-refractivity contribution in [3.05, 3.63) is 231 Å². The Hall–Kier alpha value is -8.14. The largest absolute Gasteiger partial charge is 0.454 e. The van der Waals surface area contributed by atoms with Crippen molar-refractivity contribution in [3.8, 4) is 39.1 Å². The molecule has 0 N–H and O–H groups in total. The number of aromatic nitrogens is 1. The molecule has 61 heavy (non-hydrogen) atoms. The second-order valence-corrected chi connectivity index (χ2v) is 15.6. The first-order valence-electron chi connectivity index (χ1n) is 20.8. The van der Waals surface area contributed by atoms with Crippen LogP contribution in [0.4, 0.5) is 17.1 Å². The summed E-state index contributed by atoms with van der Waals surface area (Å²) in [5, 5.41) is 7.03. The molecular weight excluding hydrogens is 741 g/mol. The van der Waals surface area contributed by atoms with Gasteiger partial charge in [-0.05, 0) is 105 Å². The minimum Gasteiger partial charge on any atom is -0.454 e. The second-order valence-electron chi connectivity index (χ2n) is 15.6. The number of benzene rings is 10. The van der Waals surface area contributed by atoms with Gasteiger partial charge in [0.1, 0.15) is 5.58 Å². The fourth-order valence-corrected chi connectivity index (χ4v) is 9.44. The van der Waals surface area contributed by atoms with Crippen molar-refractivity contribution < 1.29 is 4.42 Å². The van der Waals surface area contributed by atoms with Gasteiger partial charge in [0.25, 0.3) is 0 Å². The zero-order chi connectivity index (χ0) is 40.3. The van der Waals surface area contributed by atoms with Crippen molar-refractivity contribution in [3.63, 3.8) is 0 Å². The summed E-state index contributed by atoms with van der Waals surface area (Å²) >= 11 is 0. The third-order valence-corrected chi connectivity index (χ3v) is 12.2. The van der Waals surface area contributed by atoms with Gasteiger partial charge in [-0.25, -0.2) is 0 Å². The lowest BCUT2D eigenvalue weighted by Gasteiger charge is -2.25. The highest BCUT2D eigenvalue weighted by atomic mass is 16.3. The molecule has 0 spiro atoms. The Kier molecular flexibility index (Phi) is 8.17. The number of nitrogens with zero attached hydrogens (tertiary/aromatic N) is 2. The number of hydrogen-bond donors (Lipinski definition) is 0. The Balaban J connectivity index is 1.03. The molecule has 0 atom stereocenters. The highest BCUT2D eigenvalue weighted by Gasteiger charge is 2.23. The highest BCUT2D eigenvalue weighted by Crippen LogP contribution is 2.47. The molecule has 0 aliphatic rings. The Morgan fingerprint density at radius 1 is 0.344 bits per heavy atom.